The lowest BCUT2D eigenvalue weighted by molar-refractivity contribution is 0.147. The molecular weight excluding hydrogens is 246 g/mol. The summed E-state index contributed by atoms with van der Waals surface area (Å²) in [6.45, 7) is 7.16. The molecule has 0 atom stereocenters. The zero-order chi connectivity index (χ0) is 14.6. The Kier molecular flexibility index (Phi) is 4.95. The van der Waals surface area contributed by atoms with Crippen molar-refractivity contribution in [2.24, 2.45) is 11.3 Å². The van der Waals surface area contributed by atoms with Gasteiger partial charge < -0.3 is 10.1 Å². The maximum atomic E-state index is 5.42. The monoisotopic (exact) mass is 275 g/mol. The van der Waals surface area contributed by atoms with E-state index in [4.69, 9.17) is 4.74 Å². The number of hydrogen-bond donors (Lipinski definition) is 1. The van der Waals surface area contributed by atoms with Gasteiger partial charge in [-0.3, -0.25) is 0 Å². The summed E-state index contributed by atoms with van der Waals surface area (Å²) in [6.07, 6.45) is 6.50. The van der Waals surface area contributed by atoms with E-state index in [0.717, 1.165) is 17.4 Å². The maximum Gasteiger partial charge on any atom is 0.141 e. The third-order valence-electron chi connectivity index (χ3n) is 5.21. The van der Waals surface area contributed by atoms with Gasteiger partial charge in [-0.05, 0) is 49.1 Å². The Hall–Kier alpha value is -1.18. The molecule has 2 nitrogen and oxygen atoms in total. The molecule has 0 radical (unpaired) electrons. The van der Waals surface area contributed by atoms with Crippen LogP contribution in [-0.2, 0) is 0 Å². The highest BCUT2D eigenvalue weighted by Crippen LogP contribution is 2.41. The van der Waals surface area contributed by atoms with Crippen LogP contribution in [0.3, 0.4) is 0 Å². The minimum Gasteiger partial charge on any atom is -0.495 e. The standard InChI is InChI=1S/C18H29NO/c1-5-18(2,3)14-10-12-15(13-11-14)19-16-8-6-7-9-17(16)20-4/h6-9,14-15,19H,5,10-13H2,1-4H3. The minimum atomic E-state index is 0.495. The first kappa shape index (κ1) is 15.2. The molecule has 1 saturated carbocycles. The summed E-state index contributed by atoms with van der Waals surface area (Å²) in [6, 6.07) is 8.81. The first-order valence-electron chi connectivity index (χ1n) is 7.96. The largest absolute Gasteiger partial charge is 0.495 e. The van der Waals surface area contributed by atoms with E-state index >= 15 is 0 Å². The molecule has 0 bridgehead atoms. The van der Waals surface area contributed by atoms with Crippen molar-refractivity contribution in [2.75, 3.05) is 12.4 Å². The highest BCUT2D eigenvalue weighted by atomic mass is 16.5. The third kappa shape index (κ3) is 3.47. The minimum absolute atomic E-state index is 0.495. The fourth-order valence-corrected chi connectivity index (χ4v) is 3.29. The number of hydrogen-bond acceptors (Lipinski definition) is 2. The van der Waals surface area contributed by atoms with Crippen LogP contribution in [0.4, 0.5) is 5.69 Å². The number of para-hydroxylation sites is 2. The number of ether oxygens (including phenoxy) is 1. The molecule has 0 aromatic heterocycles. The van der Waals surface area contributed by atoms with E-state index in [0.29, 0.717) is 11.5 Å². The van der Waals surface area contributed by atoms with Crippen molar-refractivity contribution in [3.05, 3.63) is 24.3 Å². The second-order valence-corrected chi connectivity index (χ2v) is 6.74. The molecule has 1 N–H and O–H groups in total. The second-order valence-electron chi connectivity index (χ2n) is 6.74. The Morgan fingerprint density at radius 3 is 2.40 bits per heavy atom. The van der Waals surface area contributed by atoms with Crippen molar-refractivity contribution in [3.8, 4) is 5.75 Å². The fourth-order valence-electron chi connectivity index (χ4n) is 3.29. The molecule has 1 fully saturated rings. The molecule has 0 saturated heterocycles. The number of rotatable bonds is 5. The van der Waals surface area contributed by atoms with Crippen LogP contribution in [0.2, 0.25) is 0 Å². The van der Waals surface area contributed by atoms with E-state index in [1.165, 1.54) is 32.1 Å². The summed E-state index contributed by atoms with van der Waals surface area (Å²) in [5.41, 5.74) is 1.63. The Labute approximate surface area is 123 Å². The van der Waals surface area contributed by atoms with Crippen LogP contribution in [0, 0.1) is 11.3 Å². The van der Waals surface area contributed by atoms with Gasteiger partial charge in [0.05, 0.1) is 12.8 Å². The predicted molar refractivity (Wildman–Crippen MR) is 86.4 cm³/mol. The molecule has 1 aliphatic rings. The van der Waals surface area contributed by atoms with Crippen LogP contribution in [0.15, 0.2) is 24.3 Å². The van der Waals surface area contributed by atoms with E-state index in [2.05, 4.69) is 38.2 Å². The lowest BCUT2D eigenvalue weighted by Crippen LogP contribution is -2.32. The van der Waals surface area contributed by atoms with Crippen LogP contribution in [0.25, 0.3) is 0 Å². The molecule has 0 heterocycles. The molecule has 0 aliphatic heterocycles. The zero-order valence-corrected chi connectivity index (χ0v) is 13.4. The summed E-state index contributed by atoms with van der Waals surface area (Å²) in [5.74, 6) is 1.83. The Morgan fingerprint density at radius 2 is 1.80 bits per heavy atom. The predicted octanol–water partition coefficient (Wildman–Crippen LogP) is 5.10. The lowest BCUT2D eigenvalue weighted by Gasteiger charge is -2.39. The van der Waals surface area contributed by atoms with Crippen LogP contribution in [-0.4, -0.2) is 13.2 Å². The second kappa shape index (κ2) is 6.51. The Balaban J connectivity index is 1.92. The average molecular weight is 275 g/mol. The lowest BCUT2D eigenvalue weighted by atomic mass is 9.69. The van der Waals surface area contributed by atoms with E-state index in [1.807, 2.05) is 12.1 Å². The maximum absolute atomic E-state index is 5.42. The smallest absolute Gasteiger partial charge is 0.141 e. The molecular formula is C18H29NO. The van der Waals surface area contributed by atoms with Crippen molar-refractivity contribution >= 4 is 5.69 Å². The van der Waals surface area contributed by atoms with Gasteiger partial charge in [-0.1, -0.05) is 39.3 Å². The van der Waals surface area contributed by atoms with Gasteiger partial charge in [0.25, 0.3) is 0 Å². The van der Waals surface area contributed by atoms with E-state index < -0.39 is 0 Å². The normalized spacial score (nSPS) is 23.4. The fraction of sp³-hybridized carbons (Fsp3) is 0.667. The number of anilines is 1. The summed E-state index contributed by atoms with van der Waals surface area (Å²) >= 11 is 0. The molecule has 0 unspecified atom stereocenters. The quantitative estimate of drug-likeness (QED) is 0.807. The Morgan fingerprint density at radius 1 is 1.15 bits per heavy atom. The first-order chi connectivity index (χ1) is 9.56. The van der Waals surface area contributed by atoms with Gasteiger partial charge in [0, 0.05) is 6.04 Å². The van der Waals surface area contributed by atoms with Crippen LogP contribution < -0.4 is 10.1 Å². The van der Waals surface area contributed by atoms with Gasteiger partial charge in [-0.15, -0.1) is 0 Å². The summed E-state index contributed by atoms with van der Waals surface area (Å²) in [5, 5.41) is 3.67. The number of benzene rings is 1. The van der Waals surface area contributed by atoms with Crippen molar-refractivity contribution in [1.29, 1.82) is 0 Å². The topological polar surface area (TPSA) is 21.3 Å². The van der Waals surface area contributed by atoms with E-state index in [-0.39, 0.29) is 0 Å². The van der Waals surface area contributed by atoms with Gasteiger partial charge in [0.1, 0.15) is 5.75 Å². The molecule has 1 aliphatic carbocycles. The molecule has 112 valence electrons. The molecule has 20 heavy (non-hydrogen) atoms. The molecule has 2 heteroatoms. The highest BCUT2D eigenvalue weighted by Gasteiger charge is 2.31. The molecule has 1 aromatic rings. The van der Waals surface area contributed by atoms with Gasteiger partial charge in [0.2, 0.25) is 0 Å². The SMILES string of the molecule is CCC(C)(C)C1CCC(Nc2ccccc2OC)CC1. The summed E-state index contributed by atoms with van der Waals surface area (Å²) in [7, 11) is 1.74. The van der Waals surface area contributed by atoms with Gasteiger partial charge >= 0.3 is 0 Å². The molecule has 1 aromatic carbocycles. The number of methoxy groups -OCH3 is 1. The Bertz CT molecular complexity index is 419. The van der Waals surface area contributed by atoms with E-state index in [1.54, 1.807) is 7.11 Å². The van der Waals surface area contributed by atoms with Crippen LogP contribution in [0.1, 0.15) is 52.9 Å². The van der Waals surface area contributed by atoms with Crippen LogP contribution >= 0.6 is 0 Å². The first-order valence-corrected chi connectivity index (χ1v) is 7.96. The molecule has 0 spiro atoms. The highest BCUT2D eigenvalue weighted by molar-refractivity contribution is 5.56. The third-order valence-corrected chi connectivity index (χ3v) is 5.21. The average Bonchev–Trinajstić information content (AvgIpc) is 2.48. The van der Waals surface area contributed by atoms with Crippen molar-refractivity contribution < 1.29 is 4.74 Å². The summed E-state index contributed by atoms with van der Waals surface area (Å²) in [4.78, 5) is 0. The van der Waals surface area contributed by atoms with Gasteiger partial charge in [0.15, 0.2) is 0 Å². The van der Waals surface area contributed by atoms with Crippen molar-refractivity contribution in [1.82, 2.24) is 0 Å². The van der Waals surface area contributed by atoms with Gasteiger partial charge in [-0.2, -0.15) is 0 Å². The van der Waals surface area contributed by atoms with Crippen molar-refractivity contribution in [2.45, 2.75) is 58.9 Å². The van der Waals surface area contributed by atoms with Crippen LogP contribution in [0.5, 0.6) is 5.75 Å². The van der Waals surface area contributed by atoms with Crippen molar-refractivity contribution in [3.63, 3.8) is 0 Å². The zero-order valence-electron chi connectivity index (χ0n) is 13.4. The molecule has 2 rings (SSSR count). The number of nitrogens with one attached hydrogen (secondary N) is 1. The summed E-state index contributed by atoms with van der Waals surface area (Å²) < 4.78 is 5.42. The van der Waals surface area contributed by atoms with Gasteiger partial charge in [-0.25, -0.2) is 0 Å². The molecule has 0 amide bonds. The van der Waals surface area contributed by atoms with E-state index in [9.17, 15) is 0 Å².